The number of nitriles is 1. The van der Waals surface area contributed by atoms with Crippen LogP contribution in [0.15, 0.2) is 41.2 Å². The SMILES string of the molecule is CN(c1cc(=O)n(C)c2ccc(C#N)nc12)C1CCC(N(CC2CC2)c2ccc3c(c2)COC3)CC1. The van der Waals surface area contributed by atoms with Crippen molar-refractivity contribution in [3.05, 3.63) is 63.6 Å². The number of aromatic nitrogens is 2. The van der Waals surface area contributed by atoms with Crippen LogP contribution < -0.4 is 15.4 Å². The predicted octanol–water partition coefficient (Wildman–Crippen LogP) is 4.50. The van der Waals surface area contributed by atoms with Gasteiger partial charge in [0.15, 0.2) is 0 Å². The van der Waals surface area contributed by atoms with E-state index in [9.17, 15) is 10.1 Å². The monoisotopic (exact) mass is 483 g/mol. The Morgan fingerprint density at radius 3 is 2.53 bits per heavy atom. The molecule has 3 heterocycles. The summed E-state index contributed by atoms with van der Waals surface area (Å²) in [6.45, 7) is 2.60. The minimum absolute atomic E-state index is 0.0549. The lowest BCUT2D eigenvalue weighted by Crippen LogP contribution is -2.44. The number of benzene rings is 1. The van der Waals surface area contributed by atoms with Crippen LogP contribution in [-0.2, 0) is 25.0 Å². The molecule has 0 spiro atoms. The van der Waals surface area contributed by atoms with Crippen LogP contribution in [0.4, 0.5) is 11.4 Å². The van der Waals surface area contributed by atoms with Gasteiger partial charge in [-0.2, -0.15) is 5.26 Å². The molecule has 6 rings (SSSR count). The molecule has 0 unspecified atom stereocenters. The van der Waals surface area contributed by atoms with E-state index in [0.717, 1.165) is 68.1 Å². The van der Waals surface area contributed by atoms with Crippen molar-refractivity contribution in [2.75, 3.05) is 23.4 Å². The van der Waals surface area contributed by atoms with Crippen molar-refractivity contribution < 1.29 is 4.74 Å². The average molecular weight is 484 g/mol. The van der Waals surface area contributed by atoms with E-state index in [4.69, 9.17) is 4.74 Å². The van der Waals surface area contributed by atoms with Crippen molar-refractivity contribution in [2.45, 2.75) is 63.8 Å². The first kappa shape index (κ1) is 23.1. The summed E-state index contributed by atoms with van der Waals surface area (Å²) < 4.78 is 7.27. The zero-order chi connectivity index (χ0) is 24.8. The lowest BCUT2D eigenvalue weighted by Gasteiger charge is -2.41. The molecule has 0 radical (unpaired) electrons. The fraction of sp³-hybridized carbons (Fsp3) is 0.483. The van der Waals surface area contributed by atoms with Crippen LogP contribution >= 0.6 is 0 Å². The Labute approximate surface area is 211 Å². The topological polar surface area (TPSA) is 74.4 Å². The second-order valence-electron chi connectivity index (χ2n) is 10.7. The maximum Gasteiger partial charge on any atom is 0.252 e. The molecule has 3 aromatic rings. The fourth-order valence-corrected chi connectivity index (χ4v) is 5.98. The van der Waals surface area contributed by atoms with Crippen LogP contribution in [-0.4, -0.2) is 35.2 Å². The number of fused-ring (bicyclic) bond motifs is 2. The maximum atomic E-state index is 12.7. The molecule has 1 aromatic carbocycles. The smallest absolute Gasteiger partial charge is 0.252 e. The van der Waals surface area contributed by atoms with E-state index in [-0.39, 0.29) is 5.56 Å². The minimum atomic E-state index is -0.0549. The Bertz CT molecular complexity index is 1400. The first-order valence-corrected chi connectivity index (χ1v) is 13.1. The summed E-state index contributed by atoms with van der Waals surface area (Å²) in [4.78, 5) is 22.2. The molecule has 2 fully saturated rings. The Morgan fingerprint density at radius 1 is 1.03 bits per heavy atom. The van der Waals surface area contributed by atoms with E-state index in [1.165, 1.54) is 29.7 Å². The molecular weight excluding hydrogens is 450 g/mol. The van der Waals surface area contributed by atoms with Gasteiger partial charge in [0.05, 0.1) is 24.4 Å². The zero-order valence-corrected chi connectivity index (χ0v) is 21.1. The molecule has 186 valence electrons. The first-order chi connectivity index (χ1) is 17.5. The first-order valence-electron chi connectivity index (χ1n) is 13.1. The molecule has 0 saturated heterocycles. The number of hydrogen-bond acceptors (Lipinski definition) is 6. The summed E-state index contributed by atoms with van der Waals surface area (Å²) in [7, 11) is 3.83. The number of anilines is 2. The number of aryl methyl sites for hydroxylation is 1. The van der Waals surface area contributed by atoms with Gasteiger partial charge in [-0.15, -0.1) is 0 Å². The van der Waals surface area contributed by atoms with Crippen LogP contribution in [0.2, 0.25) is 0 Å². The molecule has 2 aliphatic carbocycles. The van der Waals surface area contributed by atoms with Crippen LogP contribution in [0.25, 0.3) is 11.0 Å². The minimum Gasteiger partial charge on any atom is -0.372 e. The molecule has 1 aliphatic heterocycles. The van der Waals surface area contributed by atoms with Crippen molar-refractivity contribution in [3.8, 4) is 6.07 Å². The number of nitrogens with zero attached hydrogens (tertiary/aromatic N) is 5. The van der Waals surface area contributed by atoms with E-state index >= 15 is 0 Å². The van der Waals surface area contributed by atoms with Gasteiger partial charge < -0.3 is 19.1 Å². The van der Waals surface area contributed by atoms with Gasteiger partial charge in [0.1, 0.15) is 17.3 Å². The third-order valence-corrected chi connectivity index (χ3v) is 8.41. The Hall–Kier alpha value is -3.37. The molecule has 36 heavy (non-hydrogen) atoms. The van der Waals surface area contributed by atoms with Gasteiger partial charge in [-0.3, -0.25) is 4.79 Å². The second kappa shape index (κ2) is 9.25. The van der Waals surface area contributed by atoms with E-state index in [0.29, 0.717) is 17.8 Å². The third kappa shape index (κ3) is 4.24. The highest BCUT2D eigenvalue weighted by atomic mass is 16.5. The summed E-state index contributed by atoms with van der Waals surface area (Å²) in [6.07, 6.45) is 7.05. The highest BCUT2D eigenvalue weighted by Gasteiger charge is 2.33. The van der Waals surface area contributed by atoms with Gasteiger partial charge in [0, 0.05) is 44.5 Å². The number of pyridine rings is 2. The molecule has 7 heteroatoms. The van der Waals surface area contributed by atoms with Gasteiger partial charge in [0.25, 0.3) is 5.56 Å². The van der Waals surface area contributed by atoms with E-state index in [2.05, 4.69) is 46.1 Å². The van der Waals surface area contributed by atoms with Crippen LogP contribution in [0, 0.1) is 17.2 Å². The van der Waals surface area contributed by atoms with Crippen molar-refractivity contribution in [3.63, 3.8) is 0 Å². The summed E-state index contributed by atoms with van der Waals surface area (Å²) in [5.41, 5.74) is 6.62. The Kier molecular flexibility index (Phi) is 5.93. The lowest BCUT2D eigenvalue weighted by molar-refractivity contribution is 0.134. The fourth-order valence-electron chi connectivity index (χ4n) is 5.98. The summed E-state index contributed by atoms with van der Waals surface area (Å²) in [5, 5.41) is 9.39. The van der Waals surface area contributed by atoms with Gasteiger partial charge in [-0.1, -0.05) is 6.07 Å². The van der Waals surface area contributed by atoms with E-state index in [1.807, 2.05) is 6.07 Å². The number of hydrogen-bond donors (Lipinski definition) is 0. The molecule has 0 bridgehead atoms. The molecule has 0 atom stereocenters. The van der Waals surface area contributed by atoms with E-state index in [1.54, 1.807) is 23.7 Å². The highest BCUT2D eigenvalue weighted by Crippen LogP contribution is 2.38. The standard InChI is InChI=1S/C29H33N5O2/c1-32(27-14-28(35)33(2)26-12-6-22(15-30)31-29(26)27)23-8-10-24(11-9-23)34(16-19-3-4-19)25-7-5-20-17-36-18-21(20)13-25/h5-7,12-14,19,23-24H,3-4,8-11,16-18H2,1-2H3. The summed E-state index contributed by atoms with van der Waals surface area (Å²) in [5.74, 6) is 0.821. The van der Waals surface area contributed by atoms with Crippen molar-refractivity contribution >= 4 is 22.4 Å². The molecule has 2 saturated carbocycles. The highest BCUT2D eigenvalue weighted by molar-refractivity contribution is 5.88. The van der Waals surface area contributed by atoms with Crippen LogP contribution in [0.1, 0.15) is 55.3 Å². The molecule has 7 nitrogen and oxygen atoms in total. The zero-order valence-electron chi connectivity index (χ0n) is 21.1. The molecule has 3 aliphatic rings. The summed E-state index contributed by atoms with van der Waals surface area (Å²) >= 11 is 0. The van der Waals surface area contributed by atoms with Gasteiger partial charge in [-0.25, -0.2) is 4.98 Å². The largest absolute Gasteiger partial charge is 0.372 e. The molecule has 0 amide bonds. The third-order valence-electron chi connectivity index (χ3n) is 8.41. The summed E-state index contributed by atoms with van der Waals surface area (Å²) in [6, 6.07) is 15.1. The normalized spacial score (nSPS) is 21.2. The average Bonchev–Trinajstić information content (AvgIpc) is 3.62. The van der Waals surface area contributed by atoms with Gasteiger partial charge >= 0.3 is 0 Å². The van der Waals surface area contributed by atoms with Gasteiger partial charge in [-0.05, 0) is 79.8 Å². The Morgan fingerprint density at radius 2 is 1.78 bits per heavy atom. The lowest BCUT2D eigenvalue weighted by atomic mass is 9.88. The molecule has 0 N–H and O–H groups in total. The van der Waals surface area contributed by atoms with Crippen LogP contribution in [0.3, 0.4) is 0 Å². The number of ether oxygens (including phenoxy) is 1. The van der Waals surface area contributed by atoms with Crippen molar-refractivity contribution in [1.29, 1.82) is 5.26 Å². The van der Waals surface area contributed by atoms with Gasteiger partial charge in [0.2, 0.25) is 0 Å². The van der Waals surface area contributed by atoms with Crippen molar-refractivity contribution in [1.82, 2.24) is 9.55 Å². The maximum absolute atomic E-state index is 12.7. The second-order valence-corrected chi connectivity index (χ2v) is 10.7. The molecular formula is C29H33N5O2. The van der Waals surface area contributed by atoms with Crippen molar-refractivity contribution in [2.24, 2.45) is 13.0 Å². The van der Waals surface area contributed by atoms with Crippen LogP contribution in [0.5, 0.6) is 0 Å². The Balaban J connectivity index is 1.23. The quantitative estimate of drug-likeness (QED) is 0.514. The number of rotatable bonds is 6. The molecule has 2 aromatic heterocycles. The van der Waals surface area contributed by atoms with E-state index < -0.39 is 0 Å². The predicted molar refractivity (Wildman–Crippen MR) is 141 cm³/mol.